The molecule has 0 radical (unpaired) electrons. The molecule has 1 N–H and O–H groups in total. The van der Waals surface area contributed by atoms with Gasteiger partial charge in [-0.05, 0) is 32.4 Å². The lowest BCUT2D eigenvalue weighted by Gasteiger charge is -2.32. The van der Waals surface area contributed by atoms with Crippen molar-refractivity contribution in [3.63, 3.8) is 0 Å². The molecule has 1 aromatic rings. The Morgan fingerprint density at radius 3 is 2.80 bits per heavy atom. The predicted molar refractivity (Wildman–Crippen MR) is 82.6 cm³/mol. The molecule has 110 valence electrons. The lowest BCUT2D eigenvalue weighted by atomic mass is 10.1. The number of nitrogens with one attached hydrogen (secondary N) is 1. The second-order valence-corrected chi connectivity index (χ2v) is 6.01. The Morgan fingerprint density at radius 1 is 1.25 bits per heavy atom. The molecular weight excluding hydrogens is 274 g/mol. The molecule has 2 aliphatic rings. The van der Waals surface area contributed by atoms with E-state index in [2.05, 4.69) is 25.1 Å². The number of hydrogen-bond acceptors (Lipinski definition) is 5. The first-order chi connectivity index (χ1) is 9.78. The monoisotopic (exact) mass is 295 g/mol. The van der Waals surface area contributed by atoms with E-state index in [9.17, 15) is 0 Å². The van der Waals surface area contributed by atoms with Gasteiger partial charge in [0, 0.05) is 26.2 Å². The zero-order valence-corrected chi connectivity index (χ0v) is 12.7. The zero-order chi connectivity index (χ0) is 13.9. The fraction of sp³-hybridized carbons (Fsp3) is 0.714. The molecule has 0 aliphatic carbocycles. The van der Waals surface area contributed by atoms with Crippen LogP contribution in [0.1, 0.15) is 25.7 Å². The van der Waals surface area contributed by atoms with Gasteiger partial charge in [0.25, 0.3) is 0 Å². The number of halogens is 1. The van der Waals surface area contributed by atoms with Crippen molar-refractivity contribution in [1.29, 1.82) is 0 Å². The van der Waals surface area contributed by atoms with Crippen LogP contribution in [0.15, 0.2) is 6.20 Å². The summed E-state index contributed by atoms with van der Waals surface area (Å²) in [6.07, 6.45) is 6.96. The van der Waals surface area contributed by atoms with E-state index in [4.69, 9.17) is 11.6 Å². The molecule has 1 aromatic heterocycles. The van der Waals surface area contributed by atoms with Gasteiger partial charge in [-0.25, -0.2) is 4.98 Å². The maximum absolute atomic E-state index is 6.26. The van der Waals surface area contributed by atoms with Gasteiger partial charge in [0.15, 0.2) is 5.82 Å². The number of likely N-dealkylation sites (tertiary alicyclic amines) is 1. The molecule has 1 unspecified atom stereocenters. The topological polar surface area (TPSA) is 44.3 Å². The molecule has 3 rings (SSSR count). The summed E-state index contributed by atoms with van der Waals surface area (Å²) in [6.45, 7) is 4.55. The number of piperidine rings is 1. The Kier molecular flexibility index (Phi) is 4.27. The van der Waals surface area contributed by atoms with Crippen LogP contribution in [0.3, 0.4) is 0 Å². The third kappa shape index (κ3) is 2.83. The molecule has 0 spiro atoms. The van der Waals surface area contributed by atoms with Crippen LogP contribution < -0.4 is 10.2 Å². The molecule has 20 heavy (non-hydrogen) atoms. The second-order valence-electron chi connectivity index (χ2n) is 5.60. The molecule has 3 heterocycles. The summed E-state index contributed by atoms with van der Waals surface area (Å²) in [5.41, 5.74) is 0. The minimum absolute atomic E-state index is 0.630. The third-order valence-corrected chi connectivity index (χ3v) is 4.59. The standard InChI is InChI=1S/C14H22ClN5/c1-16-14-17-9-12(15)13(18-14)20-8-5-11(10-20)19-6-3-2-4-7-19/h9,11H,2-8,10H2,1H3,(H,16,17,18). The number of nitrogens with zero attached hydrogens (tertiary/aromatic N) is 4. The molecule has 1 atom stereocenters. The van der Waals surface area contributed by atoms with Crippen molar-refractivity contribution >= 4 is 23.4 Å². The van der Waals surface area contributed by atoms with E-state index in [-0.39, 0.29) is 0 Å². The summed E-state index contributed by atoms with van der Waals surface area (Å²) in [4.78, 5) is 13.6. The minimum atomic E-state index is 0.630. The first kappa shape index (κ1) is 13.9. The van der Waals surface area contributed by atoms with Crippen molar-refractivity contribution in [2.75, 3.05) is 43.4 Å². The molecule has 6 heteroatoms. The number of aromatic nitrogens is 2. The Balaban J connectivity index is 1.70. The molecular formula is C14H22ClN5. The quantitative estimate of drug-likeness (QED) is 0.926. The van der Waals surface area contributed by atoms with Crippen molar-refractivity contribution < 1.29 is 0 Å². The van der Waals surface area contributed by atoms with Crippen LogP contribution in [0.4, 0.5) is 11.8 Å². The van der Waals surface area contributed by atoms with Crippen LogP contribution in [-0.4, -0.2) is 54.1 Å². The van der Waals surface area contributed by atoms with Crippen LogP contribution >= 0.6 is 11.6 Å². The normalized spacial score (nSPS) is 24.1. The van der Waals surface area contributed by atoms with E-state index in [0.717, 1.165) is 18.9 Å². The van der Waals surface area contributed by atoms with Gasteiger partial charge in [0.2, 0.25) is 5.95 Å². The zero-order valence-electron chi connectivity index (χ0n) is 12.0. The van der Waals surface area contributed by atoms with Crippen molar-refractivity contribution in [2.24, 2.45) is 0 Å². The molecule has 0 saturated carbocycles. The predicted octanol–water partition coefficient (Wildman–Crippen LogP) is 2.24. The van der Waals surface area contributed by atoms with Crippen molar-refractivity contribution in [1.82, 2.24) is 14.9 Å². The Morgan fingerprint density at radius 2 is 2.05 bits per heavy atom. The van der Waals surface area contributed by atoms with Gasteiger partial charge < -0.3 is 10.2 Å². The first-order valence-electron chi connectivity index (χ1n) is 7.47. The highest BCUT2D eigenvalue weighted by Gasteiger charge is 2.30. The Bertz CT molecular complexity index is 461. The van der Waals surface area contributed by atoms with Crippen molar-refractivity contribution in [2.45, 2.75) is 31.7 Å². The van der Waals surface area contributed by atoms with Crippen molar-refractivity contribution in [3.05, 3.63) is 11.2 Å². The first-order valence-corrected chi connectivity index (χ1v) is 7.85. The maximum atomic E-state index is 6.26. The lowest BCUT2D eigenvalue weighted by molar-refractivity contribution is 0.175. The lowest BCUT2D eigenvalue weighted by Crippen LogP contribution is -2.41. The van der Waals surface area contributed by atoms with Gasteiger partial charge in [0.1, 0.15) is 5.02 Å². The van der Waals surface area contributed by atoms with E-state index < -0.39 is 0 Å². The summed E-state index contributed by atoms with van der Waals surface area (Å²) in [5, 5.41) is 3.62. The Labute approximate surface area is 125 Å². The molecule has 0 amide bonds. The van der Waals surface area contributed by atoms with Gasteiger partial charge >= 0.3 is 0 Å². The third-order valence-electron chi connectivity index (χ3n) is 4.32. The fourth-order valence-corrected chi connectivity index (χ4v) is 3.43. The summed E-state index contributed by atoms with van der Waals surface area (Å²) in [5.74, 6) is 1.50. The molecule has 0 bridgehead atoms. The van der Waals surface area contributed by atoms with E-state index >= 15 is 0 Å². The molecule has 2 saturated heterocycles. The smallest absolute Gasteiger partial charge is 0.224 e. The highest BCUT2D eigenvalue weighted by molar-refractivity contribution is 6.32. The van der Waals surface area contributed by atoms with Crippen LogP contribution in [0, 0.1) is 0 Å². The van der Waals surface area contributed by atoms with Crippen LogP contribution in [-0.2, 0) is 0 Å². The SMILES string of the molecule is CNc1ncc(Cl)c(N2CCC(N3CCCCC3)C2)n1. The largest absolute Gasteiger partial charge is 0.357 e. The maximum Gasteiger partial charge on any atom is 0.224 e. The molecule has 2 aliphatic heterocycles. The van der Waals surface area contributed by atoms with Crippen LogP contribution in [0.2, 0.25) is 5.02 Å². The highest BCUT2D eigenvalue weighted by atomic mass is 35.5. The molecule has 2 fully saturated rings. The average molecular weight is 296 g/mol. The fourth-order valence-electron chi connectivity index (χ4n) is 3.22. The molecule has 0 aromatic carbocycles. The summed E-state index contributed by atoms with van der Waals surface area (Å²) >= 11 is 6.26. The Hall–Kier alpha value is -1.07. The summed E-state index contributed by atoms with van der Waals surface area (Å²) < 4.78 is 0. The summed E-state index contributed by atoms with van der Waals surface area (Å²) in [7, 11) is 1.83. The van der Waals surface area contributed by atoms with Crippen LogP contribution in [0.5, 0.6) is 0 Å². The van der Waals surface area contributed by atoms with E-state index in [1.165, 1.54) is 38.8 Å². The van der Waals surface area contributed by atoms with E-state index in [0.29, 0.717) is 17.0 Å². The van der Waals surface area contributed by atoms with Gasteiger partial charge in [0.05, 0.1) is 6.20 Å². The van der Waals surface area contributed by atoms with Gasteiger partial charge in [-0.2, -0.15) is 4.98 Å². The van der Waals surface area contributed by atoms with Gasteiger partial charge in [-0.15, -0.1) is 0 Å². The number of rotatable bonds is 3. The average Bonchev–Trinajstić information content (AvgIpc) is 2.98. The number of anilines is 2. The summed E-state index contributed by atoms with van der Waals surface area (Å²) in [6, 6.07) is 0.652. The van der Waals surface area contributed by atoms with E-state index in [1.54, 1.807) is 6.20 Å². The van der Waals surface area contributed by atoms with Gasteiger partial charge in [-0.1, -0.05) is 18.0 Å². The van der Waals surface area contributed by atoms with Gasteiger partial charge in [-0.3, -0.25) is 4.90 Å². The minimum Gasteiger partial charge on any atom is -0.357 e. The molecule has 5 nitrogen and oxygen atoms in total. The number of hydrogen-bond donors (Lipinski definition) is 1. The highest BCUT2D eigenvalue weighted by Crippen LogP contribution is 2.29. The van der Waals surface area contributed by atoms with Crippen molar-refractivity contribution in [3.8, 4) is 0 Å². The van der Waals surface area contributed by atoms with E-state index in [1.807, 2.05) is 7.05 Å². The van der Waals surface area contributed by atoms with Crippen LogP contribution in [0.25, 0.3) is 0 Å². The second kappa shape index (κ2) is 6.14.